The molecule has 0 aromatic rings. The van der Waals surface area contributed by atoms with E-state index in [-0.39, 0.29) is 6.29 Å². The smallest absolute Gasteiger partial charge is 0.208 e. The molecule has 2 aliphatic rings. The minimum Gasteiger partial charge on any atom is -0.472 e. The van der Waals surface area contributed by atoms with E-state index in [1.54, 1.807) is 6.26 Å². The number of ether oxygens (including phenoxy) is 2. The lowest BCUT2D eigenvalue weighted by molar-refractivity contribution is -0.247. The quantitative estimate of drug-likeness (QED) is 0.463. The van der Waals surface area contributed by atoms with Crippen LogP contribution in [-0.4, -0.2) is 12.4 Å². The molecule has 0 bridgehead atoms. The summed E-state index contributed by atoms with van der Waals surface area (Å²) in [5.74, 6) is 0.537. The fourth-order valence-corrected chi connectivity index (χ4v) is 1.11. The van der Waals surface area contributed by atoms with Gasteiger partial charge in [0.05, 0.1) is 18.3 Å². The summed E-state index contributed by atoms with van der Waals surface area (Å²) in [5, 5.41) is 0. The maximum absolute atomic E-state index is 5.18. The molecule has 0 saturated carbocycles. The molecule has 0 amide bonds. The average Bonchev–Trinajstić information content (AvgIpc) is 2.09. The van der Waals surface area contributed by atoms with Crippen molar-refractivity contribution < 1.29 is 9.47 Å². The topological polar surface area (TPSA) is 18.5 Å². The summed E-state index contributed by atoms with van der Waals surface area (Å²) in [6.45, 7) is 2.06. The molecule has 2 aliphatic heterocycles. The van der Waals surface area contributed by atoms with Crippen LogP contribution in [-0.2, 0) is 9.47 Å². The van der Waals surface area contributed by atoms with Crippen LogP contribution in [0.3, 0.4) is 0 Å². The van der Waals surface area contributed by atoms with Gasteiger partial charge >= 0.3 is 0 Å². The van der Waals surface area contributed by atoms with Crippen LogP contribution in [0.5, 0.6) is 0 Å². The van der Waals surface area contributed by atoms with Gasteiger partial charge in [-0.2, -0.15) is 0 Å². The minimum absolute atomic E-state index is 0.0602. The molecule has 2 nitrogen and oxygen atoms in total. The third-order valence-electron chi connectivity index (χ3n) is 1.72. The molecule has 0 aromatic heterocycles. The van der Waals surface area contributed by atoms with E-state index in [1.165, 1.54) is 0 Å². The first kappa shape index (κ1) is 4.39. The zero-order valence-electron chi connectivity index (χ0n) is 4.70. The summed E-state index contributed by atoms with van der Waals surface area (Å²) in [7, 11) is 0. The SMILES string of the molecule is C[C@@H]1O[C@H]2OC=C[C@H]21. The van der Waals surface area contributed by atoms with Crippen LogP contribution >= 0.6 is 0 Å². The van der Waals surface area contributed by atoms with Crippen molar-refractivity contribution in [3.63, 3.8) is 0 Å². The monoisotopic (exact) mass is 112 g/mol. The second-order valence-corrected chi connectivity index (χ2v) is 2.25. The number of hydrogen-bond acceptors (Lipinski definition) is 2. The highest BCUT2D eigenvalue weighted by Crippen LogP contribution is 2.34. The molecule has 8 heavy (non-hydrogen) atoms. The number of fused-ring (bicyclic) bond motifs is 1. The van der Waals surface area contributed by atoms with Crippen LogP contribution in [0.2, 0.25) is 0 Å². The Morgan fingerprint density at radius 2 is 2.38 bits per heavy atom. The summed E-state index contributed by atoms with van der Waals surface area (Å²) in [5.41, 5.74) is 0. The van der Waals surface area contributed by atoms with E-state index in [2.05, 4.69) is 13.0 Å². The molecule has 44 valence electrons. The summed E-state index contributed by atoms with van der Waals surface area (Å²) in [4.78, 5) is 0. The van der Waals surface area contributed by atoms with Gasteiger partial charge in [0.1, 0.15) is 0 Å². The Kier molecular flexibility index (Phi) is 0.690. The van der Waals surface area contributed by atoms with Crippen molar-refractivity contribution in [3.8, 4) is 0 Å². The van der Waals surface area contributed by atoms with Gasteiger partial charge in [-0.05, 0) is 13.0 Å². The lowest BCUT2D eigenvalue weighted by atomic mass is 9.99. The van der Waals surface area contributed by atoms with Gasteiger partial charge in [-0.3, -0.25) is 0 Å². The summed E-state index contributed by atoms with van der Waals surface area (Å²) < 4.78 is 10.2. The Morgan fingerprint density at radius 1 is 1.50 bits per heavy atom. The van der Waals surface area contributed by atoms with Crippen LogP contribution in [0.25, 0.3) is 0 Å². The lowest BCUT2D eigenvalue weighted by Crippen LogP contribution is -2.44. The van der Waals surface area contributed by atoms with Crippen molar-refractivity contribution in [2.75, 3.05) is 0 Å². The zero-order valence-corrected chi connectivity index (χ0v) is 4.70. The third kappa shape index (κ3) is 0.364. The molecular formula is C6H8O2. The molecule has 0 radical (unpaired) electrons. The third-order valence-corrected chi connectivity index (χ3v) is 1.72. The molecule has 1 fully saturated rings. The molecule has 0 N–H and O–H groups in total. The second kappa shape index (κ2) is 1.26. The van der Waals surface area contributed by atoms with Gasteiger partial charge in [0, 0.05) is 0 Å². The molecule has 2 heteroatoms. The first-order chi connectivity index (χ1) is 3.88. The molecule has 1 saturated heterocycles. The van der Waals surface area contributed by atoms with E-state index >= 15 is 0 Å². The maximum Gasteiger partial charge on any atom is 0.208 e. The molecule has 0 aromatic carbocycles. The van der Waals surface area contributed by atoms with Crippen molar-refractivity contribution in [1.82, 2.24) is 0 Å². The maximum atomic E-state index is 5.18. The highest BCUT2D eigenvalue weighted by molar-refractivity contribution is 5.00. The Hall–Kier alpha value is -0.500. The van der Waals surface area contributed by atoms with Crippen molar-refractivity contribution in [3.05, 3.63) is 12.3 Å². The van der Waals surface area contributed by atoms with E-state index in [9.17, 15) is 0 Å². The first-order valence-electron chi connectivity index (χ1n) is 2.85. The summed E-state index contributed by atoms with van der Waals surface area (Å²) in [6, 6.07) is 0. The first-order valence-corrected chi connectivity index (χ1v) is 2.85. The predicted molar refractivity (Wildman–Crippen MR) is 28.0 cm³/mol. The fourth-order valence-electron chi connectivity index (χ4n) is 1.11. The van der Waals surface area contributed by atoms with Crippen LogP contribution in [0, 0.1) is 5.92 Å². The van der Waals surface area contributed by atoms with Gasteiger partial charge in [0.2, 0.25) is 6.29 Å². The highest BCUT2D eigenvalue weighted by atomic mass is 16.7. The van der Waals surface area contributed by atoms with E-state index in [0.29, 0.717) is 12.0 Å². The van der Waals surface area contributed by atoms with Crippen molar-refractivity contribution in [1.29, 1.82) is 0 Å². The van der Waals surface area contributed by atoms with E-state index in [4.69, 9.17) is 9.47 Å². The standard InChI is InChI=1S/C6H8O2/c1-4-5-2-3-7-6(5)8-4/h2-6H,1H3/t4-,5-,6+/m0/s1. The highest BCUT2D eigenvalue weighted by Gasteiger charge is 2.41. The van der Waals surface area contributed by atoms with E-state index < -0.39 is 0 Å². The Bertz CT molecular complexity index is 130. The van der Waals surface area contributed by atoms with Crippen LogP contribution in [0.1, 0.15) is 6.92 Å². The number of rotatable bonds is 0. The largest absolute Gasteiger partial charge is 0.472 e. The Labute approximate surface area is 48.1 Å². The summed E-state index contributed by atoms with van der Waals surface area (Å²) >= 11 is 0. The molecule has 0 aliphatic carbocycles. The lowest BCUT2D eigenvalue weighted by Gasteiger charge is -2.35. The number of hydrogen-bond donors (Lipinski definition) is 0. The van der Waals surface area contributed by atoms with E-state index in [1.807, 2.05) is 0 Å². The average molecular weight is 112 g/mol. The fraction of sp³-hybridized carbons (Fsp3) is 0.667. The van der Waals surface area contributed by atoms with Crippen LogP contribution < -0.4 is 0 Å². The normalized spacial score (nSPS) is 49.9. The molecular weight excluding hydrogens is 104 g/mol. The van der Waals surface area contributed by atoms with Gasteiger partial charge in [-0.25, -0.2) is 0 Å². The van der Waals surface area contributed by atoms with Gasteiger partial charge in [0.15, 0.2) is 0 Å². The molecule has 0 spiro atoms. The molecule has 0 unspecified atom stereocenters. The molecule has 3 atom stereocenters. The van der Waals surface area contributed by atoms with E-state index in [0.717, 1.165) is 0 Å². The Morgan fingerprint density at radius 3 is 2.88 bits per heavy atom. The van der Waals surface area contributed by atoms with Gasteiger partial charge < -0.3 is 9.47 Å². The van der Waals surface area contributed by atoms with Crippen molar-refractivity contribution in [2.24, 2.45) is 5.92 Å². The van der Waals surface area contributed by atoms with Gasteiger partial charge in [0.25, 0.3) is 0 Å². The molecule has 2 heterocycles. The second-order valence-electron chi connectivity index (χ2n) is 2.25. The van der Waals surface area contributed by atoms with Crippen LogP contribution in [0.4, 0.5) is 0 Å². The predicted octanol–water partition coefficient (Wildman–Crippen LogP) is 0.891. The van der Waals surface area contributed by atoms with Crippen molar-refractivity contribution in [2.45, 2.75) is 19.3 Å². The zero-order chi connectivity index (χ0) is 5.56. The van der Waals surface area contributed by atoms with Gasteiger partial charge in [-0.15, -0.1) is 0 Å². The Balaban J connectivity index is 2.10. The summed E-state index contributed by atoms with van der Waals surface area (Å²) in [6.07, 6.45) is 4.21. The van der Waals surface area contributed by atoms with Crippen LogP contribution in [0.15, 0.2) is 12.3 Å². The minimum atomic E-state index is 0.0602. The van der Waals surface area contributed by atoms with Crippen molar-refractivity contribution >= 4 is 0 Å². The van der Waals surface area contributed by atoms with Gasteiger partial charge in [-0.1, -0.05) is 0 Å². The molecule has 2 rings (SSSR count).